The van der Waals surface area contributed by atoms with E-state index in [1.54, 1.807) is 6.07 Å². The molecule has 1 N–H and O–H groups in total. The van der Waals surface area contributed by atoms with E-state index < -0.39 is 0 Å². The van der Waals surface area contributed by atoms with Crippen LogP contribution in [0.2, 0.25) is 0 Å². The lowest BCUT2D eigenvalue weighted by molar-refractivity contribution is 0.301. The molecule has 2 rings (SSSR count). The summed E-state index contributed by atoms with van der Waals surface area (Å²) in [5.41, 5.74) is 1.49. The van der Waals surface area contributed by atoms with Crippen LogP contribution in [0.1, 0.15) is 50.0 Å². The molecule has 0 amide bonds. The van der Waals surface area contributed by atoms with Gasteiger partial charge in [-0.1, -0.05) is 13.3 Å². The summed E-state index contributed by atoms with van der Waals surface area (Å²) in [7, 11) is 2.04. The van der Waals surface area contributed by atoms with Crippen LogP contribution in [0.25, 0.3) is 0 Å². The molecule has 19 heavy (non-hydrogen) atoms. The first-order valence-corrected chi connectivity index (χ1v) is 7.17. The molecule has 4 nitrogen and oxygen atoms in total. The molecule has 1 aromatic heterocycles. The van der Waals surface area contributed by atoms with Gasteiger partial charge in [0, 0.05) is 24.3 Å². The highest BCUT2D eigenvalue weighted by Crippen LogP contribution is 2.38. The van der Waals surface area contributed by atoms with Crippen LogP contribution in [0.3, 0.4) is 0 Å². The summed E-state index contributed by atoms with van der Waals surface area (Å²) < 4.78 is 2.15. The first-order valence-electron chi connectivity index (χ1n) is 7.17. The predicted molar refractivity (Wildman–Crippen MR) is 76.6 cm³/mol. The van der Waals surface area contributed by atoms with Crippen molar-refractivity contribution in [3.63, 3.8) is 0 Å². The van der Waals surface area contributed by atoms with Gasteiger partial charge in [-0.15, -0.1) is 0 Å². The zero-order valence-corrected chi connectivity index (χ0v) is 12.1. The van der Waals surface area contributed by atoms with Crippen LogP contribution in [-0.2, 0) is 6.54 Å². The Morgan fingerprint density at radius 1 is 1.47 bits per heavy atom. The van der Waals surface area contributed by atoms with E-state index in [2.05, 4.69) is 16.4 Å². The van der Waals surface area contributed by atoms with Gasteiger partial charge in [-0.2, -0.15) is 0 Å². The summed E-state index contributed by atoms with van der Waals surface area (Å²) in [4.78, 5) is 13.9. The van der Waals surface area contributed by atoms with Gasteiger partial charge in [0.15, 0.2) is 5.75 Å². The van der Waals surface area contributed by atoms with Gasteiger partial charge in [0.05, 0.1) is 5.69 Å². The van der Waals surface area contributed by atoms with Crippen molar-refractivity contribution in [1.29, 1.82) is 0 Å². The molecule has 1 saturated carbocycles. The van der Waals surface area contributed by atoms with Crippen molar-refractivity contribution in [2.45, 2.75) is 52.1 Å². The van der Waals surface area contributed by atoms with Crippen LogP contribution in [0, 0.1) is 6.92 Å². The number of aryl methyl sites for hydroxylation is 1. The third-order valence-corrected chi connectivity index (χ3v) is 3.74. The third kappa shape index (κ3) is 3.18. The molecule has 1 fully saturated rings. The Bertz CT molecular complexity index is 504. The number of hydrogen-bond donors (Lipinski definition) is 1. The lowest BCUT2D eigenvalue weighted by Gasteiger charge is -2.22. The minimum Gasteiger partial charge on any atom is -0.503 e. The molecular weight excluding hydrogens is 240 g/mol. The van der Waals surface area contributed by atoms with Crippen LogP contribution in [0.5, 0.6) is 5.75 Å². The molecule has 0 atom stereocenters. The molecular formula is C15H24N2O2. The molecule has 106 valence electrons. The zero-order valence-electron chi connectivity index (χ0n) is 12.1. The predicted octanol–water partition coefficient (Wildman–Crippen LogP) is 2.43. The highest BCUT2D eigenvalue weighted by atomic mass is 16.3. The Balaban J connectivity index is 2.29. The van der Waals surface area contributed by atoms with Crippen LogP contribution in [0.4, 0.5) is 0 Å². The van der Waals surface area contributed by atoms with Crippen LogP contribution >= 0.6 is 0 Å². The first kappa shape index (κ1) is 14.1. The van der Waals surface area contributed by atoms with Gasteiger partial charge in [-0.25, -0.2) is 0 Å². The Morgan fingerprint density at radius 3 is 2.74 bits per heavy atom. The fraction of sp³-hybridized carbons (Fsp3) is 0.667. The maximum absolute atomic E-state index is 11.8. The van der Waals surface area contributed by atoms with Gasteiger partial charge in [0.2, 0.25) is 5.43 Å². The lowest BCUT2D eigenvalue weighted by Crippen LogP contribution is -2.24. The van der Waals surface area contributed by atoms with E-state index in [0.29, 0.717) is 12.6 Å². The van der Waals surface area contributed by atoms with E-state index in [-0.39, 0.29) is 11.2 Å². The standard InChI is InChI=1S/C15H24N2O2/c1-4-5-8-16(3)10-13-15(19)14(18)9-11(2)17(13)12-6-7-12/h9,12,19H,4-8,10H2,1-3H3. The fourth-order valence-corrected chi connectivity index (χ4v) is 2.55. The molecule has 1 aromatic rings. The normalized spacial score (nSPS) is 15.2. The van der Waals surface area contributed by atoms with Gasteiger partial charge in [0.1, 0.15) is 0 Å². The maximum Gasteiger partial charge on any atom is 0.223 e. The van der Waals surface area contributed by atoms with Crippen molar-refractivity contribution in [3.8, 4) is 5.75 Å². The second-order valence-electron chi connectivity index (χ2n) is 5.64. The minimum absolute atomic E-state index is 0.0687. The summed E-state index contributed by atoms with van der Waals surface area (Å²) in [6.07, 6.45) is 4.58. The minimum atomic E-state index is -0.256. The molecule has 1 aliphatic carbocycles. The van der Waals surface area contributed by atoms with Crippen molar-refractivity contribution < 1.29 is 5.11 Å². The quantitative estimate of drug-likeness (QED) is 0.858. The number of hydrogen-bond acceptors (Lipinski definition) is 3. The zero-order chi connectivity index (χ0) is 14.0. The molecule has 0 spiro atoms. The Morgan fingerprint density at radius 2 is 2.16 bits per heavy atom. The molecule has 0 saturated heterocycles. The molecule has 0 radical (unpaired) electrons. The number of aromatic hydroxyl groups is 1. The van der Waals surface area contributed by atoms with E-state index in [0.717, 1.165) is 43.6 Å². The van der Waals surface area contributed by atoms with Crippen molar-refractivity contribution in [1.82, 2.24) is 9.47 Å². The van der Waals surface area contributed by atoms with E-state index in [9.17, 15) is 9.90 Å². The van der Waals surface area contributed by atoms with Gasteiger partial charge in [-0.05, 0) is 39.8 Å². The highest BCUT2D eigenvalue weighted by Gasteiger charge is 2.28. The van der Waals surface area contributed by atoms with Gasteiger partial charge < -0.3 is 14.6 Å². The van der Waals surface area contributed by atoms with Crippen LogP contribution < -0.4 is 5.43 Å². The number of aromatic nitrogens is 1. The lowest BCUT2D eigenvalue weighted by atomic mass is 10.2. The van der Waals surface area contributed by atoms with Crippen molar-refractivity contribution in [2.75, 3.05) is 13.6 Å². The SMILES string of the molecule is CCCCN(C)Cc1c(O)c(=O)cc(C)n1C1CC1. The summed E-state index contributed by atoms with van der Waals surface area (Å²) in [5.74, 6) is -0.0687. The van der Waals surface area contributed by atoms with Crippen molar-refractivity contribution in [2.24, 2.45) is 0 Å². The van der Waals surface area contributed by atoms with Gasteiger partial charge >= 0.3 is 0 Å². The molecule has 1 aliphatic rings. The number of pyridine rings is 1. The smallest absolute Gasteiger partial charge is 0.223 e. The monoisotopic (exact) mass is 264 g/mol. The van der Waals surface area contributed by atoms with Crippen molar-refractivity contribution >= 4 is 0 Å². The summed E-state index contributed by atoms with van der Waals surface area (Å²) in [6, 6.07) is 2.02. The second kappa shape index (κ2) is 5.78. The number of nitrogens with zero attached hydrogens (tertiary/aromatic N) is 2. The summed E-state index contributed by atoms with van der Waals surface area (Å²) in [6.45, 7) is 5.74. The molecule has 4 heteroatoms. The van der Waals surface area contributed by atoms with Gasteiger partial charge in [0.25, 0.3) is 0 Å². The average Bonchev–Trinajstić information content (AvgIpc) is 3.17. The van der Waals surface area contributed by atoms with Gasteiger partial charge in [-0.3, -0.25) is 4.79 Å². The molecule has 0 aromatic carbocycles. The van der Waals surface area contributed by atoms with Crippen molar-refractivity contribution in [3.05, 3.63) is 27.7 Å². The molecule has 1 heterocycles. The largest absolute Gasteiger partial charge is 0.503 e. The Labute approximate surface area is 114 Å². The fourth-order valence-electron chi connectivity index (χ4n) is 2.55. The van der Waals surface area contributed by atoms with E-state index in [4.69, 9.17) is 0 Å². The summed E-state index contributed by atoms with van der Waals surface area (Å²) >= 11 is 0. The van der Waals surface area contributed by atoms with E-state index in [1.165, 1.54) is 0 Å². The highest BCUT2D eigenvalue weighted by molar-refractivity contribution is 5.31. The number of rotatable bonds is 6. The molecule has 0 aliphatic heterocycles. The number of unbranched alkanes of at least 4 members (excludes halogenated alkanes) is 1. The summed E-state index contributed by atoms with van der Waals surface area (Å²) in [5, 5.41) is 10.1. The van der Waals surface area contributed by atoms with Crippen LogP contribution in [0.15, 0.2) is 10.9 Å². The van der Waals surface area contributed by atoms with E-state index >= 15 is 0 Å². The topological polar surface area (TPSA) is 45.5 Å². The molecule has 0 bridgehead atoms. The first-order chi connectivity index (χ1) is 9.04. The molecule has 0 unspecified atom stereocenters. The maximum atomic E-state index is 11.8. The average molecular weight is 264 g/mol. The Hall–Kier alpha value is -1.29. The van der Waals surface area contributed by atoms with E-state index in [1.807, 2.05) is 14.0 Å². The Kier molecular flexibility index (Phi) is 4.30. The van der Waals surface area contributed by atoms with Crippen LogP contribution in [-0.4, -0.2) is 28.2 Å². The second-order valence-corrected chi connectivity index (χ2v) is 5.64. The third-order valence-electron chi connectivity index (χ3n) is 3.74.